The molecule has 2 aliphatic rings. The zero-order chi connectivity index (χ0) is 14.8. The molecule has 1 N–H and O–H groups in total. The molecule has 0 radical (unpaired) electrons. The molecule has 2 heterocycles. The Morgan fingerprint density at radius 2 is 2.10 bits per heavy atom. The molecular formula is C16H27ClN4. The van der Waals surface area contributed by atoms with Gasteiger partial charge in [-0.2, -0.15) is 5.10 Å². The Bertz CT molecular complexity index is 481. The summed E-state index contributed by atoms with van der Waals surface area (Å²) in [5.74, 6) is 0. The summed E-state index contributed by atoms with van der Waals surface area (Å²) in [5.41, 5.74) is 2.25. The molecule has 1 aliphatic heterocycles. The highest BCUT2D eigenvalue weighted by Crippen LogP contribution is 2.27. The number of rotatable bonds is 7. The first-order chi connectivity index (χ1) is 10.2. The van der Waals surface area contributed by atoms with Crippen molar-refractivity contribution in [1.82, 2.24) is 20.0 Å². The summed E-state index contributed by atoms with van der Waals surface area (Å²) >= 11 is 6.55. The van der Waals surface area contributed by atoms with Gasteiger partial charge < -0.3 is 5.32 Å². The van der Waals surface area contributed by atoms with E-state index in [9.17, 15) is 0 Å². The standard InChI is InChI=1S/C16H27ClN4/c1-3-14-16(17)15(21(4-2)19-14)11-20-9-5-6-13(20)10-18-12-7-8-12/h12-13,18H,3-11H2,1-2H3. The van der Waals surface area contributed by atoms with Crippen LogP contribution < -0.4 is 5.32 Å². The summed E-state index contributed by atoms with van der Waals surface area (Å²) < 4.78 is 2.09. The minimum absolute atomic E-state index is 0.659. The Hall–Kier alpha value is -0.580. The van der Waals surface area contributed by atoms with Crippen LogP contribution in [0.15, 0.2) is 0 Å². The molecule has 1 saturated heterocycles. The van der Waals surface area contributed by atoms with E-state index in [1.165, 1.54) is 37.9 Å². The van der Waals surface area contributed by atoms with Gasteiger partial charge >= 0.3 is 0 Å². The van der Waals surface area contributed by atoms with E-state index < -0.39 is 0 Å². The van der Waals surface area contributed by atoms with Crippen molar-refractivity contribution in [3.05, 3.63) is 16.4 Å². The van der Waals surface area contributed by atoms with E-state index in [0.29, 0.717) is 6.04 Å². The van der Waals surface area contributed by atoms with E-state index in [2.05, 4.69) is 33.8 Å². The molecule has 1 saturated carbocycles. The number of nitrogens with zero attached hydrogens (tertiary/aromatic N) is 3. The molecule has 4 nitrogen and oxygen atoms in total. The predicted molar refractivity (Wildman–Crippen MR) is 86.7 cm³/mol. The maximum atomic E-state index is 6.55. The van der Waals surface area contributed by atoms with Crippen molar-refractivity contribution in [3.8, 4) is 0 Å². The van der Waals surface area contributed by atoms with Gasteiger partial charge in [-0.3, -0.25) is 9.58 Å². The van der Waals surface area contributed by atoms with E-state index in [4.69, 9.17) is 11.6 Å². The molecule has 1 aromatic heterocycles. The quantitative estimate of drug-likeness (QED) is 0.840. The molecule has 1 atom stereocenters. The maximum Gasteiger partial charge on any atom is 0.0863 e. The largest absolute Gasteiger partial charge is 0.312 e. The molecule has 118 valence electrons. The van der Waals surface area contributed by atoms with E-state index in [-0.39, 0.29) is 0 Å². The third-order valence-corrected chi connectivity index (χ3v) is 5.20. The predicted octanol–water partition coefficient (Wildman–Crippen LogP) is 2.84. The summed E-state index contributed by atoms with van der Waals surface area (Å²) in [6, 6.07) is 1.45. The molecule has 0 aromatic carbocycles. The molecule has 0 spiro atoms. The topological polar surface area (TPSA) is 33.1 Å². The summed E-state index contributed by atoms with van der Waals surface area (Å²) in [6.45, 7) is 8.41. The number of hydrogen-bond donors (Lipinski definition) is 1. The van der Waals surface area contributed by atoms with Crippen LogP contribution >= 0.6 is 11.6 Å². The van der Waals surface area contributed by atoms with Crippen LogP contribution in [0.25, 0.3) is 0 Å². The highest BCUT2D eigenvalue weighted by molar-refractivity contribution is 6.31. The molecule has 1 aromatic rings. The van der Waals surface area contributed by atoms with Crippen LogP contribution in [0.4, 0.5) is 0 Å². The highest BCUT2D eigenvalue weighted by atomic mass is 35.5. The highest BCUT2D eigenvalue weighted by Gasteiger charge is 2.29. The van der Waals surface area contributed by atoms with Crippen LogP contribution in [0.5, 0.6) is 0 Å². The maximum absolute atomic E-state index is 6.55. The van der Waals surface area contributed by atoms with E-state index in [0.717, 1.165) is 42.8 Å². The average molecular weight is 311 g/mol. The third kappa shape index (κ3) is 3.43. The van der Waals surface area contributed by atoms with Gasteiger partial charge in [-0.05, 0) is 45.6 Å². The lowest BCUT2D eigenvalue weighted by atomic mass is 10.2. The van der Waals surface area contributed by atoms with Crippen LogP contribution in [0, 0.1) is 0 Å². The molecule has 5 heteroatoms. The fourth-order valence-electron chi connectivity index (χ4n) is 3.29. The fourth-order valence-corrected chi connectivity index (χ4v) is 3.61. The van der Waals surface area contributed by atoms with Gasteiger partial charge in [-0.15, -0.1) is 0 Å². The van der Waals surface area contributed by atoms with Crippen molar-refractivity contribution in [2.24, 2.45) is 0 Å². The molecule has 0 amide bonds. The number of halogens is 1. The number of aryl methyl sites for hydroxylation is 2. The van der Waals surface area contributed by atoms with Gasteiger partial charge in [0.15, 0.2) is 0 Å². The third-order valence-electron chi connectivity index (χ3n) is 4.77. The number of aromatic nitrogens is 2. The summed E-state index contributed by atoms with van der Waals surface area (Å²) in [5, 5.41) is 9.21. The van der Waals surface area contributed by atoms with Crippen LogP contribution in [0.1, 0.15) is 50.9 Å². The monoisotopic (exact) mass is 310 g/mol. The molecule has 3 rings (SSSR count). The lowest BCUT2D eigenvalue weighted by molar-refractivity contribution is 0.232. The van der Waals surface area contributed by atoms with E-state index in [1.807, 2.05) is 0 Å². The normalized spacial score (nSPS) is 23.1. The fraction of sp³-hybridized carbons (Fsp3) is 0.812. The van der Waals surface area contributed by atoms with Gasteiger partial charge in [0.2, 0.25) is 0 Å². The average Bonchev–Trinajstić information content (AvgIpc) is 3.14. The van der Waals surface area contributed by atoms with Gasteiger partial charge in [0.05, 0.1) is 16.4 Å². The number of likely N-dealkylation sites (tertiary alicyclic amines) is 1. The minimum Gasteiger partial charge on any atom is -0.312 e. The van der Waals surface area contributed by atoms with Crippen molar-refractivity contribution < 1.29 is 0 Å². The first kappa shape index (κ1) is 15.3. The Balaban J connectivity index is 1.67. The molecule has 1 unspecified atom stereocenters. The SMILES string of the molecule is CCc1nn(CC)c(CN2CCCC2CNC2CC2)c1Cl. The molecule has 2 fully saturated rings. The Kier molecular flexibility index (Phi) is 4.87. The summed E-state index contributed by atoms with van der Waals surface area (Å²) in [7, 11) is 0. The van der Waals surface area contributed by atoms with E-state index in [1.54, 1.807) is 0 Å². The Labute approximate surface area is 132 Å². The van der Waals surface area contributed by atoms with Gasteiger partial charge in [0, 0.05) is 31.7 Å². The van der Waals surface area contributed by atoms with Gasteiger partial charge in [-0.1, -0.05) is 18.5 Å². The zero-order valence-electron chi connectivity index (χ0n) is 13.2. The molecule has 21 heavy (non-hydrogen) atoms. The lowest BCUT2D eigenvalue weighted by Crippen LogP contribution is -2.38. The Morgan fingerprint density at radius 3 is 2.76 bits per heavy atom. The van der Waals surface area contributed by atoms with Crippen LogP contribution in [-0.4, -0.2) is 39.9 Å². The number of hydrogen-bond acceptors (Lipinski definition) is 3. The van der Waals surface area contributed by atoms with Crippen LogP contribution in [0.3, 0.4) is 0 Å². The van der Waals surface area contributed by atoms with Crippen molar-refractivity contribution in [2.45, 2.75) is 71.1 Å². The van der Waals surface area contributed by atoms with Gasteiger partial charge in [0.1, 0.15) is 0 Å². The Morgan fingerprint density at radius 1 is 1.29 bits per heavy atom. The molecule has 1 aliphatic carbocycles. The second-order valence-corrected chi connectivity index (χ2v) is 6.70. The second-order valence-electron chi connectivity index (χ2n) is 6.33. The molecular weight excluding hydrogens is 284 g/mol. The number of nitrogens with one attached hydrogen (secondary N) is 1. The zero-order valence-corrected chi connectivity index (χ0v) is 14.0. The van der Waals surface area contributed by atoms with Gasteiger partial charge in [-0.25, -0.2) is 0 Å². The summed E-state index contributed by atoms with van der Waals surface area (Å²) in [6.07, 6.45) is 6.24. The summed E-state index contributed by atoms with van der Waals surface area (Å²) in [4.78, 5) is 2.59. The van der Waals surface area contributed by atoms with Crippen LogP contribution in [0.2, 0.25) is 5.02 Å². The van der Waals surface area contributed by atoms with Gasteiger partial charge in [0.25, 0.3) is 0 Å². The van der Waals surface area contributed by atoms with Crippen LogP contribution in [-0.2, 0) is 19.5 Å². The smallest absolute Gasteiger partial charge is 0.0863 e. The first-order valence-corrected chi connectivity index (χ1v) is 8.82. The lowest BCUT2D eigenvalue weighted by Gasteiger charge is -2.25. The molecule has 0 bridgehead atoms. The first-order valence-electron chi connectivity index (χ1n) is 8.44. The van der Waals surface area contributed by atoms with E-state index >= 15 is 0 Å². The van der Waals surface area contributed by atoms with Crippen molar-refractivity contribution in [1.29, 1.82) is 0 Å². The minimum atomic E-state index is 0.659. The van der Waals surface area contributed by atoms with Crippen molar-refractivity contribution in [2.75, 3.05) is 13.1 Å². The second kappa shape index (κ2) is 6.67. The van der Waals surface area contributed by atoms with Crippen molar-refractivity contribution in [3.63, 3.8) is 0 Å². The van der Waals surface area contributed by atoms with Crippen molar-refractivity contribution >= 4 is 11.6 Å².